The van der Waals surface area contributed by atoms with Crippen molar-refractivity contribution >= 4 is 5.91 Å². The van der Waals surface area contributed by atoms with E-state index in [0.717, 1.165) is 25.7 Å². The van der Waals surface area contributed by atoms with Crippen molar-refractivity contribution in [1.82, 2.24) is 14.7 Å². The van der Waals surface area contributed by atoms with Gasteiger partial charge in [-0.25, -0.2) is 0 Å². The van der Waals surface area contributed by atoms with Crippen LogP contribution in [0.5, 0.6) is 0 Å². The van der Waals surface area contributed by atoms with Crippen LogP contribution in [-0.4, -0.2) is 45.4 Å². The number of amides is 1. The minimum atomic E-state index is -0.264. The van der Waals surface area contributed by atoms with Crippen LogP contribution >= 0.6 is 0 Å². The Kier molecular flexibility index (Phi) is 4.81. The van der Waals surface area contributed by atoms with Gasteiger partial charge in [0.2, 0.25) is 0 Å². The Morgan fingerprint density at radius 2 is 1.95 bits per heavy atom. The molecule has 0 spiro atoms. The van der Waals surface area contributed by atoms with Gasteiger partial charge in [0.1, 0.15) is 5.69 Å². The van der Waals surface area contributed by atoms with Gasteiger partial charge in [-0.3, -0.25) is 9.48 Å². The first-order valence-corrected chi connectivity index (χ1v) is 8.64. The molecule has 122 valence electrons. The van der Waals surface area contributed by atoms with Crippen LogP contribution in [-0.2, 0) is 0 Å². The van der Waals surface area contributed by atoms with Crippen molar-refractivity contribution in [3.05, 3.63) is 18.0 Å². The second-order valence-electron chi connectivity index (χ2n) is 6.92. The Bertz CT molecular complexity index is 508. The van der Waals surface area contributed by atoms with Crippen molar-refractivity contribution in [2.75, 3.05) is 13.6 Å². The number of hydrogen-bond acceptors (Lipinski definition) is 3. The molecule has 5 heteroatoms. The highest BCUT2D eigenvalue weighted by molar-refractivity contribution is 5.92. The van der Waals surface area contributed by atoms with E-state index in [1.54, 1.807) is 4.90 Å². The average molecular weight is 305 g/mol. The van der Waals surface area contributed by atoms with Crippen LogP contribution < -0.4 is 0 Å². The molecule has 0 aromatic carbocycles. The van der Waals surface area contributed by atoms with E-state index < -0.39 is 0 Å². The van der Waals surface area contributed by atoms with Crippen molar-refractivity contribution in [2.24, 2.45) is 5.92 Å². The van der Waals surface area contributed by atoms with Crippen LogP contribution in [0, 0.1) is 5.92 Å². The second-order valence-corrected chi connectivity index (χ2v) is 6.92. The first kappa shape index (κ1) is 15.5. The predicted molar refractivity (Wildman–Crippen MR) is 84.7 cm³/mol. The Morgan fingerprint density at radius 1 is 1.27 bits per heavy atom. The molecule has 1 N–H and O–H groups in total. The zero-order valence-corrected chi connectivity index (χ0v) is 13.4. The molecule has 2 fully saturated rings. The number of carbonyl (C=O) groups excluding carboxylic acids is 1. The fourth-order valence-electron chi connectivity index (χ4n) is 3.86. The standard InChI is InChI=1S/C17H27N3O2/c1-19(12-13-6-2-5-9-16(13)21)17(22)15-10-11-20(18-15)14-7-3-4-8-14/h10-11,13-14,16,21H,2-9,12H2,1H3. The first-order chi connectivity index (χ1) is 10.6. The minimum Gasteiger partial charge on any atom is -0.393 e. The van der Waals surface area contributed by atoms with Crippen molar-refractivity contribution < 1.29 is 9.90 Å². The average Bonchev–Trinajstić information content (AvgIpc) is 3.19. The summed E-state index contributed by atoms with van der Waals surface area (Å²) in [6, 6.07) is 2.29. The van der Waals surface area contributed by atoms with E-state index in [0.29, 0.717) is 18.3 Å². The lowest BCUT2D eigenvalue weighted by Gasteiger charge is -2.30. The van der Waals surface area contributed by atoms with Gasteiger partial charge in [-0.15, -0.1) is 0 Å². The highest BCUT2D eigenvalue weighted by Gasteiger charge is 2.27. The fourth-order valence-corrected chi connectivity index (χ4v) is 3.86. The van der Waals surface area contributed by atoms with E-state index in [2.05, 4.69) is 5.10 Å². The molecule has 0 bridgehead atoms. The van der Waals surface area contributed by atoms with Crippen molar-refractivity contribution in [3.63, 3.8) is 0 Å². The molecule has 2 aliphatic carbocycles. The van der Waals surface area contributed by atoms with Crippen LogP contribution in [0.25, 0.3) is 0 Å². The summed E-state index contributed by atoms with van der Waals surface area (Å²) in [4.78, 5) is 14.2. The third kappa shape index (κ3) is 3.35. The summed E-state index contributed by atoms with van der Waals surface area (Å²) in [6.07, 6.45) is 10.6. The Balaban J connectivity index is 1.60. The largest absolute Gasteiger partial charge is 0.393 e. The van der Waals surface area contributed by atoms with Crippen molar-refractivity contribution in [3.8, 4) is 0 Å². The Hall–Kier alpha value is -1.36. The molecule has 0 saturated heterocycles. The van der Waals surface area contributed by atoms with Gasteiger partial charge in [-0.2, -0.15) is 5.10 Å². The van der Waals surface area contributed by atoms with Gasteiger partial charge in [0, 0.05) is 25.7 Å². The number of rotatable bonds is 4. The van der Waals surface area contributed by atoms with Crippen LogP contribution in [0.15, 0.2) is 12.3 Å². The Morgan fingerprint density at radius 3 is 2.68 bits per heavy atom. The summed E-state index contributed by atoms with van der Waals surface area (Å²) in [5.41, 5.74) is 0.527. The molecule has 0 radical (unpaired) electrons. The molecule has 2 saturated carbocycles. The monoisotopic (exact) mass is 305 g/mol. The van der Waals surface area contributed by atoms with Crippen molar-refractivity contribution in [1.29, 1.82) is 0 Å². The lowest BCUT2D eigenvalue weighted by Crippen LogP contribution is -2.38. The number of carbonyl (C=O) groups is 1. The van der Waals surface area contributed by atoms with E-state index in [-0.39, 0.29) is 17.9 Å². The van der Waals surface area contributed by atoms with E-state index >= 15 is 0 Å². The molecule has 1 heterocycles. The van der Waals surface area contributed by atoms with Crippen LogP contribution in [0.4, 0.5) is 0 Å². The highest BCUT2D eigenvalue weighted by Crippen LogP contribution is 2.29. The van der Waals surface area contributed by atoms with Gasteiger partial charge < -0.3 is 10.0 Å². The Labute approximate surface area is 132 Å². The smallest absolute Gasteiger partial charge is 0.274 e. The van der Waals surface area contributed by atoms with Crippen LogP contribution in [0.2, 0.25) is 0 Å². The molecule has 5 nitrogen and oxygen atoms in total. The molecular formula is C17H27N3O2. The topological polar surface area (TPSA) is 58.4 Å². The summed E-state index contributed by atoms with van der Waals surface area (Å²) in [5, 5.41) is 14.5. The fraction of sp³-hybridized carbons (Fsp3) is 0.765. The normalized spacial score (nSPS) is 26.3. The maximum Gasteiger partial charge on any atom is 0.274 e. The van der Waals surface area contributed by atoms with E-state index in [1.807, 2.05) is 24.0 Å². The summed E-state index contributed by atoms with van der Waals surface area (Å²) >= 11 is 0. The number of hydrogen-bond donors (Lipinski definition) is 1. The van der Waals surface area contributed by atoms with Gasteiger partial charge in [-0.1, -0.05) is 25.7 Å². The third-order valence-corrected chi connectivity index (χ3v) is 5.25. The number of aromatic nitrogens is 2. The molecule has 1 amide bonds. The predicted octanol–water partition coefficient (Wildman–Crippen LogP) is 2.62. The van der Waals surface area contributed by atoms with Gasteiger partial charge in [0.15, 0.2) is 0 Å². The molecule has 0 aliphatic heterocycles. The van der Waals surface area contributed by atoms with Crippen LogP contribution in [0.3, 0.4) is 0 Å². The van der Waals surface area contributed by atoms with Crippen molar-refractivity contribution in [2.45, 2.75) is 63.5 Å². The molecule has 2 aliphatic rings. The minimum absolute atomic E-state index is 0.0329. The van der Waals surface area contributed by atoms with Gasteiger partial charge in [-0.05, 0) is 31.7 Å². The summed E-state index contributed by atoms with van der Waals surface area (Å²) in [6.45, 7) is 0.621. The van der Waals surface area contributed by atoms with Crippen LogP contribution in [0.1, 0.15) is 67.9 Å². The second kappa shape index (κ2) is 6.82. The quantitative estimate of drug-likeness (QED) is 0.930. The van der Waals surface area contributed by atoms with Gasteiger partial charge in [0.05, 0.1) is 12.1 Å². The highest BCUT2D eigenvalue weighted by atomic mass is 16.3. The van der Waals surface area contributed by atoms with E-state index in [1.165, 1.54) is 25.7 Å². The zero-order chi connectivity index (χ0) is 15.5. The van der Waals surface area contributed by atoms with E-state index in [9.17, 15) is 9.90 Å². The van der Waals surface area contributed by atoms with Gasteiger partial charge >= 0.3 is 0 Å². The summed E-state index contributed by atoms with van der Waals surface area (Å²) < 4.78 is 1.96. The number of aliphatic hydroxyl groups is 1. The molecule has 1 aromatic rings. The van der Waals surface area contributed by atoms with E-state index in [4.69, 9.17) is 0 Å². The van der Waals surface area contributed by atoms with Gasteiger partial charge in [0.25, 0.3) is 5.91 Å². The molecular weight excluding hydrogens is 278 g/mol. The first-order valence-electron chi connectivity index (χ1n) is 8.64. The summed E-state index contributed by atoms with van der Waals surface area (Å²) in [7, 11) is 1.82. The molecule has 2 unspecified atom stereocenters. The lowest BCUT2D eigenvalue weighted by molar-refractivity contribution is 0.0448. The SMILES string of the molecule is CN(CC1CCCCC1O)C(=O)c1ccn(C2CCCC2)n1. The zero-order valence-electron chi connectivity index (χ0n) is 13.4. The number of nitrogens with zero attached hydrogens (tertiary/aromatic N) is 3. The molecule has 3 rings (SSSR count). The maximum absolute atomic E-state index is 12.5. The lowest BCUT2D eigenvalue weighted by atomic mass is 9.86. The number of aliphatic hydroxyl groups excluding tert-OH is 1. The molecule has 1 aromatic heterocycles. The summed E-state index contributed by atoms with van der Waals surface area (Å²) in [5.74, 6) is 0.175. The maximum atomic E-state index is 12.5. The molecule has 22 heavy (non-hydrogen) atoms. The third-order valence-electron chi connectivity index (χ3n) is 5.25. The molecule has 2 atom stereocenters.